The molecule has 0 aromatic heterocycles. The van der Waals surface area contributed by atoms with Crippen molar-refractivity contribution in [3.8, 4) is 0 Å². The number of carbonyl (C=O) groups excluding carboxylic acids is 1. The molecule has 0 radical (unpaired) electrons. The van der Waals surface area contributed by atoms with Crippen molar-refractivity contribution in [3.05, 3.63) is 0 Å². The number of carbonyl (C=O) groups is 2. The molecule has 0 aromatic carbocycles. The molecule has 0 saturated heterocycles. The van der Waals surface area contributed by atoms with Gasteiger partial charge < -0.3 is 10.0 Å². The van der Waals surface area contributed by atoms with Gasteiger partial charge in [-0.3, -0.25) is 9.59 Å². The van der Waals surface area contributed by atoms with Crippen molar-refractivity contribution >= 4 is 11.9 Å². The molecule has 2 unspecified atom stereocenters. The van der Waals surface area contributed by atoms with Gasteiger partial charge in [0.2, 0.25) is 5.91 Å². The van der Waals surface area contributed by atoms with Crippen LogP contribution in [0.2, 0.25) is 0 Å². The summed E-state index contributed by atoms with van der Waals surface area (Å²) in [7, 11) is 1.91. The first-order valence-corrected chi connectivity index (χ1v) is 7.59. The fraction of sp³-hybridized carbons (Fsp3) is 0.867. The van der Waals surface area contributed by atoms with Crippen LogP contribution in [-0.2, 0) is 9.59 Å². The molecule has 0 spiro atoms. The van der Waals surface area contributed by atoms with Gasteiger partial charge in [-0.05, 0) is 32.1 Å². The van der Waals surface area contributed by atoms with Crippen molar-refractivity contribution in [2.45, 2.75) is 63.8 Å². The highest BCUT2D eigenvalue weighted by atomic mass is 16.4. The lowest BCUT2D eigenvalue weighted by Gasteiger charge is -2.29. The Kier molecular flexibility index (Phi) is 4.83. The topological polar surface area (TPSA) is 57.6 Å². The summed E-state index contributed by atoms with van der Waals surface area (Å²) in [5.74, 6) is -0.936. The van der Waals surface area contributed by atoms with Crippen LogP contribution in [0.15, 0.2) is 0 Å². The molecule has 1 amide bonds. The van der Waals surface area contributed by atoms with Gasteiger partial charge >= 0.3 is 5.97 Å². The first kappa shape index (κ1) is 14.4. The number of aliphatic carboxylic acids is 1. The number of carboxylic acids is 1. The standard InChI is InChI=1S/C15H25NO3/c1-16(13-6-4-2-3-5-7-13)14(17)11-8-9-12(10-11)15(18)19/h11-13H,2-10H2,1H3,(H,18,19). The van der Waals surface area contributed by atoms with E-state index in [1.807, 2.05) is 11.9 Å². The van der Waals surface area contributed by atoms with Crippen LogP contribution in [-0.4, -0.2) is 35.0 Å². The molecule has 4 nitrogen and oxygen atoms in total. The second-order valence-electron chi connectivity index (χ2n) is 6.14. The van der Waals surface area contributed by atoms with E-state index in [0.717, 1.165) is 19.3 Å². The summed E-state index contributed by atoms with van der Waals surface area (Å²) in [5.41, 5.74) is 0. The van der Waals surface area contributed by atoms with E-state index in [9.17, 15) is 9.59 Å². The summed E-state index contributed by atoms with van der Waals surface area (Å²) < 4.78 is 0. The summed E-state index contributed by atoms with van der Waals surface area (Å²) in [6, 6.07) is 0.374. The van der Waals surface area contributed by atoms with E-state index in [4.69, 9.17) is 5.11 Å². The van der Waals surface area contributed by atoms with E-state index in [1.54, 1.807) is 0 Å². The van der Waals surface area contributed by atoms with Gasteiger partial charge in [0.05, 0.1) is 5.92 Å². The molecule has 0 aromatic rings. The third-order valence-corrected chi connectivity index (χ3v) is 4.85. The van der Waals surface area contributed by atoms with Crippen LogP contribution in [0, 0.1) is 11.8 Å². The second kappa shape index (κ2) is 6.40. The number of carboxylic acid groups (broad SMARTS) is 1. The largest absolute Gasteiger partial charge is 0.481 e. The van der Waals surface area contributed by atoms with Crippen molar-refractivity contribution in [1.29, 1.82) is 0 Å². The van der Waals surface area contributed by atoms with E-state index in [2.05, 4.69) is 0 Å². The zero-order valence-electron chi connectivity index (χ0n) is 11.8. The maximum atomic E-state index is 12.5. The molecule has 2 aliphatic carbocycles. The molecule has 0 heterocycles. The van der Waals surface area contributed by atoms with Crippen molar-refractivity contribution < 1.29 is 14.7 Å². The van der Waals surface area contributed by atoms with Gasteiger partial charge in [-0.2, -0.15) is 0 Å². The molecule has 19 heavy (non-hydrogen) atoms. The number of rotatable bonds is 3. The van der Waals surface area contributed by atoms with Crippen LogP contribution in [0.3, 0.4) is 0 Å². The molecule has 0 aliphatic heterocycles. The van der Waals surface area contributed by atoms with Crippen LogP contribution in [0.25, 0.3) is 0 Å². The number of hydrogen-bond acceptors (Lipinski definition) is 2. The molecular weight excluding hydrogens is 242 g/mol. The van der Waals surface area contributed by atoms with E-state index < -0.39 is 5.97 Å². The SMILES string of the molecule is CN(C(=O)C1CCC(C(=O)O)C1)C1CCCCCC1. The highest BCUT2D eigenvalue weighted by molar-refractivity contribution is 5.81. The van der Waals surface area contributed by atoms with Crippen LogP contribution in [0.4, 0.5) is 0 Å². The molecule has 4 heteroatoms. The Balaban J connectivity index is 1.90. The van der Waals surface area contributed by atoms with Crippen molar-refractivity contribution in [2.75, 3.05) is 7.05 Å². The average Bonchev–Trinajstić information content (AvgIpc) is 2.73. The smallest absolute Gasteiger partial charge is 0.306 e. The molecule has 2 saturated carbocycles. The first-order chi connectivity index (χ1) is 9.09. The molecule has 2 rings (SSSR count). The lowest BCUT2D eigenvalue weighted by atomic mass is 10.0. The van der Waals surface area contributed by atoms with Crippen LogP contribution in [0.5, 0.6) is 0 Å². The van der Waals surface area contributed by atoms with Gasteiger partial charge in [-0.1, -0.05) is 25.7 Å². The fourth-order valence-electron chi connectivity index (χ4n) is 3.54. The first-order valence-electron chi connectivity index (χ1n) is 7.59. The lowest BCUT2D eigenvalue weighted by molar-refractivity contribution is -0.141. The third-order valence-electron chi connectivity index (χ3n) is 4.85. The van der Waals surface area contributed by atoms with Gasteiger partial charge in [-0.15, -0.1) is 0 Å². The minimum atomic E-state index is -0.743. The summed E-state index contributed by atoms with van der Waals surface area (Å²) >= 11 is 0. The van der Waals surface area contributed by atoms with Gasteiger partial charge in [0.25, 0.3) is 0 Å². The number of hydrogen-bond donors (Lipinski definition) is 1. The second-order valence-corrected chi connectivity index (χ2v) is 6.14. The van der Waals surface area contributed by atoms with E-state index in [-0.39, 0.29) is 17.7 Å². The van der Waals surface area contributed by atoms with Crippen molar-refractivity contribution in [1.82, 2.24) is 4.90 Å². The quantitative estimate of drug-likeness (QED) is 0.800. The zero-order chi connectivity index (χ0) is 13.8. The van der Waals surface area contributed by atoms with Crippen LogP contribution in [0.1, 0.15) is 57.8 Å². The molecule has 108 valence electrons. The predicted octanol–water partition coefficient (Wildman–Crippen LogP) is 2.67. The van der Waals surface area contributed by atoms with E-state index >= 15 is 0 Å². The molecule has 1 N–H and O–H groups in total. The average molecular weight is 267 g/mol. The Morgan fingerprint density at radius 3 is 2.05 bits per heavy atom. The molecule has 2 fully saturated rings. The Morgan fingerprint density at radius 2 is 1.53 bits per heavy atom. The monoisotopic (exact) mass is 267 g/mol. The number of amides is 1. The Labute approximate surface area is 115 Å². The summed E-state index contributed by atoms with van der Waals surface area (Å²) in [5, 5.41) is 9.01. The fourth-order valence-corrected chi connectivity index (χ4v) is 3.54. The Bertz CT molecular complexity index is 334. The zero-order valence-corrected chi connectivity index (χ0v) is 11.8. The minimum absolute atomic E-state index is 0.0608. The minimum Gasteiger partial charge on any atom is -0.481 e. The molecular formula is C15H25NO3. The molecule has 0 bridgehead atoms. The van der Waals surface area contributed by atoms with Crippen molar-refractivity contribution in [2.24, 2.45) is 11.8 Å². The van der Waals surface area contributed by atoms with Gasteiger partial charge in [-0.25, -0.2) is 0 Å². The number of nitrogens with zero attached hydrogens (tertiary/aromatic N) is 1. The summed E-state index contributed by atoms with van der Waals surface area (Å²) in [6.07, 6.45) is 9.14. The van der Waals surface area contributed by atoms with Gasteiger partial charge in [0.15, 0.2) is 0 Å². The maximum absolute atomic E-state index is 12.5. The maximum Gasteiger partial charge on any atom is 0.306 e. The Hall–Kier alpha value is -1.06. The van der Waals surface area contributed by atoms with Crippen LogP contribution < -0.4 is 0 Å². The normalized spacial score (nSPS) is 28.9. The van der Waals surface area contributed by atoms with Gasteiger partial charge in [0, 0.05) is 19.0 Å². The molecule has 2 atom stereocenters. The van der Waals surface area contributed by atoms with E-state index in [1.165, 1.54) is 25.7 Å². The van der Waals surface area contributed by atoms with Gasteiger partial charge in [0.1, 0.15) is 0 Å². The highest BCUT2D eigenvalue weighted by Gasteiger charge is 2.36. The third kappa shape index (κ3) is 3.48. The summed E-state index contributed by atoms with van der Waals surface area (Å²) in [4.78, 5) is 25.3. The van der Waals surface area contributed by atoms with Crippen molar-refractivity contribution in [3.63, 3.8) is 0 Å². The predicted molar refractivity (Wildman–Crippen MR) is 72.7 cm³/mol. The molecule has 2 aliphatic rings. The van der Waals surface area contributed by atoms with Crippen LogP contribution >= 0.6 is 0 Å². The lowest BCUT2D eigenvalue weighted by Crippen LogP contribution is -2.40. The Morgan fingerprint density at radius 1 is 0.947 bits per heavy atom. The van der Waals surface area contributed by atoms with E-state index in [0.29, 0.717) is 18.9 Å². The summed E-state index contributed by atoms with van der Waals surface area (Å²) in [6.45, 7) is 0. The highest BCUT2D eigenvalue weighted by Crippen LogP contribution is 2.33.